The number of carboxylic acids is 1. The Hall–Kier alpha value is -8.71. The molecule has 1 aliphatic carbocycles. The summed E-state index contributed by atoms with van der Waals surface area (Å²) in [7, 11) is 0. The van der Waals surface area contributed by atoms with Crippen LogP contribution in [0.25, 0.3) is 22.3 Å². The number of imide groups is 1. The van der Waals surface area contributed by atoms with Crippen molar-refractivity contribution in [3.05, 3.63) is 110 Å². The van der Waals surface area contributed by atoms with Crippen LogP contribution in [0.4, 0.5) is 4.39 Å². The number of amides is 8. The van der Waals surface area contributed by atoms with Crippen LogP contribution in [-0.4, -0.2) is 147 Å². The Morgan fingerprint density at radius 1 is 0.840 bits per heavy atom. The number of carboxylic acid groups (broad SMARTS) is 1. The number of esters is 1. The topological polar surface area (TPSA) is 334 Å². The van der Waals surface area contributed by atoms with E-state index in [9.17, 15) is 63.0 Å². The van der Waals surface area contributed by atoms with Crippen molar-refractivity contribution in [1.82, 2.24) is 51.3 Å². The SMILES string of the molecule is CC[C@@]1(O)C(=O)OCc2c1cc1n(c2=O)Cc2c-1nc1cc(F)c(C)c3c1c2[C@@H](NC(=O)CCN(CCNC(=O)CNC(=O)[C@H](Cc1ccccc1)NC(=O)CNC(=O)CNC(=O)CCCCCN1C(=O)C=CC1=O)CC(=O)O)CC3. The minimum absolute atomic E-state index is 0.00636. The molecule has 428 valence electrons. The number of aliphatic carboxylic acids is 1. The van der Waals surface area contributed by atoms with Crippen molar-refractivity contribution >= 4 is 70.1 Å². The van der Waals surface area contributed by atoms with E-state index in [1.165, 1.54) is 27.7 Å². The lowest BCUT2D eigenvalue weighted by Crippen LogP contribution is -2.52. The first-order chi connectivity index (χ1) is 38.8. The predicted molar refractivity (Wildman–Crippen MR) is 286 cm³/mol. The summed E-state index contributed by atoms with van der Waals surface area (Å²) in [6.45, 7) is 1.13. The summed E-state index contributed by atoms with van der Waals surface area (Å²) >= 11 is 0. The lowest BCUT2D eigenvalue weighted by atomic mass is 9.81. The van der Waals surface area contributed by atoms with Crippen LogP contribution in [0.5, 0.6) is 0 Å². The zero-order valence-corrected chi connectivity index (χ0v) is 44.7. The number of fused-ring (bicyclic) bond motifs is 5. The normalized spacial score (nSPS) is 17.0. The van der Waals surface area contributed by atoms with Crippen LogP contribution in [0.3, 0.4) is 0 Å². The van der Waals surface area contributed by atoms with E-state index >= 15 is 4.39 Å². The summed E-state index contributed by atoms with van der Waals surface area (Å²) < 4.78 is 22.1. The average molecular weight is 1120 g/mol. The summed E-state index contributed by atoms with van der Waals surface area (Å²) in [6, 6.07) is 9.76. The Labute approximate surface area is 463 Å². The average Bonchev–Trinajstić information content (AvgIpc) is 3.15. The first-order valence-electron chi connectivity index (χ1n) is 26.8. The van der Waals surface area contributed by atoms with E-state index in [1.54, 1.807) is 50.2 Å². The molecule has 8 amide bonds. The van der Waals surface area contributed by atoms with Gasteiger partial charge in [-0.1, -0.05) is 43.7 Å². The molecule has 0 bridgehead atoms. The number of nitrogens with one attached hydrogen (secondary N) is 6. The summed E-state index contributed by atoms with van der Waals surface area (Å²) in [5.74, 6) is -6.91. The van der Waals surface area contributed by atoms with E-state index in [0.717, 1.165) is 4.90 Å². The van der Waals surface area contributed by atoms with Crippen LogP contribution < -0.4 is 37.5 Å². The molecule has 4 aliphatic rings. The van der Waals surface area contributed by atoms with Crippen molar-refractivity contribution in [2.45, 2.75) is 102 Å². The molecule has 24 nitrogen and oxygen atoms in total. The van der Waals surface area contributed by atoms with E-state index in [0.29, 0.717) is 82.2 Å². The summed E-state index contributed by atoms with van der Waals surface area (Å²) in [4.78, 5) is 147. The molecule has 0 saturated heterocycles. The summed E-state index contributed by atoms with van der Waals surface area (Å²) in [5, 5.41) is 37.4. The number of carbonyl (C=O) groups is 10. The molecule has 81 heavy (non-hydrogen) atoms. The molecule has 0 fully saturated rings. The maximum atomic E-state index is 15.5. The van der Waals surface area contributed by atoms with Crippen molar-refractivity contribution in [3.8, 4) is 11.4 Å². The molecule has 8 rings (SSSR count). The van der Waals surface area contributed by atoms with Gasteiger partial charge in [0.25, 0.3) is 17.4 Å². The van der Waals surface area contributed by atoms with Gasteiger partial charge in [0.1, 0.15) is 18.5 Å². The second kappa shape index (κ2) is 25.6. The lowest BCUT2D eigenvalue weighted by molar-refractivity contribution is -0.172. The van der Waals surface area contributed by atoms with Crippen LogP contribution in [0.2, 0.25) is 0 Å². The molecule has 25 heteroatoms. The third-order valence-electron chi connectivity index (χ3n) is 14.9. The first kappa shape index (κ1) is 58.4. The summed E-state index contributed by atoms with van der Waals surface area (Å²) in [6.07, 6.45) is 4.56. The molecule has 0 radical (unpaired) electrons. The Morgan fingerprint density at radius 2 is 1.54 bits per heavy atom. The van der Waals surface area contributed by atoms with Crippen LogP contribution in [0, 0.1) is 12.7 Å². The Morgan fingerprint density at radius 3 is 2.27 bits per heavy atom. The van der Waals surface area contributed by atoms with Gasteiger partial charge in [-0.05, 0) is 67.3 Å². The van der Waals surface area contributed by atoms with Crippen molar-refractivity contribution in [2.75, 3.05) is 52.4 Å². The van der Waals surface area contributed by atoms with Gasteiger partial charge >= 0.3 is 11.9 Å². The number of rotatable bonds is 26. The molecule has 3 aliphatic heterocycles. The minimum Gasteiger partial charge on any atom is -0.480 e. The van der Waals surface area contributed by atoms with Gasteiger partial charge in [0.05, 0.1) is 61.2 Å². The zero-order chi connectivity index (χ0) is 58.1. The van der Waals surface area contributed by atoms with Gasteiger partial charge in [-0.3, -0.25) is 57.7 Å². The number of carbonyl (C=O) groups excluding carboxylic acids is 9. The van der Waals surface area contributed by atoms with Gasteiger partial charge in [0.15, 0.2) is 5.60 Å². The molecule has 0 spiro atoms. The molecule has 8 N–H and O–H groups in total. The van der Waals surface area contributed by atoms with Gasteiger partial charge in [-0.15, -0.1) is 0 Å². The highest BCUT2D eigenvalue weighted by molar-refractivity contribution is 6.12. The fourth-order valence-corrected chi connectivity index (χ4v) is 10.6. The van der Waals surface area contributed by atoms with Crippen LogP contribution in [0.1, 0.15) is 96.9 Å². The van der Waals surface area contributed by atoms with Gasteiger partial charge in [0.2, 0.25) is 35.4 Å². The number of nitrogens with zero attached hydrogens (tertiary/aromatic N) is 4. The monoisotopic (exact) mass is 1120 g/mol. The van der Waals surface area contributed by atoms with Crippen molar-refractivity contribution in [3.63, 3.8) is 0 Å². The number of pyridine rings is 2. The molecule has 2 aromatic heterocycles. The number of aromatic nitrogens is 2. The molecule has 3 atom stereocenters. The highest BCUT2D eigenvalue weighted by atomic mass is 19.1. The number of hydrogen-bond donors (Lipinski definition) is 8. The number of aliphatic hydroxyl groups is 1. The predicted octanol–water partition coefficient (Wildman–Crippen LogP) is 0.0850. The fraction of sp³-hybridized carbons (Fsp3) is 0.429. The molecular formula is C56H63FN10O14. The Bertz CT molecular complexity index is 3290. The molecule has 0 saturated carbocycles. The maximum absolute atomic E-state index is 15.5. The number of halogens is 1. The molecule has 0 unspecified atom stereocenters. The van der Waals surface area contributed by atoms with E-state index in [2.05, 4.69) is 31.9 Å². The number of ether oxygens (including phenoxy) is 1. The second-order valence-electron chi connectivity index (χ2n) is 20.3. The largest absolute Gasteiger partial charge is 0.480 e. The summed E-state index contributed by atoms with van der Waals surface area (Å²) in [5.41, 5.74) is 1.72. The fourth-order valence-electron chi connectivity index (χ4n) is 10.6. The number of cyclic esters (lactones) is 1. The highest BCUT2D eigenvalue weighted by Gasteiger charge is 2.46. The third kappa shape index (κ3) is 13.5. The highest BCUT2D eigenvalue weighted by Crippen LogP contribution is 2.46. The number of unbranched alkanes of at least 4 members (excludes halogenated alkanes) is 2. The number of hydrogen-bond acceptors (Lipinski definition) is 15. The van der Waals surface area contributed by atoms with Crippen molar-refractivity contribution in [2.24, 2.45) is 0 Å². The second-order valence-corrected chi connectivity index (χ2v) is 20.3. The van der Waals surface area contributed by atoms with Crippen LogP contribution in [-0.2, 0) is 84.3 Å². The third-order valence-corrected chi connectivity index (χ3v) is 14.9. The van der Waals surface area contributed by atoms with E-state index in [4.69, 9.17) is 9.72 Å². The van der Waals surface area contributed by atoms with Crippen molar-refractivity contribution < 1.29 is 67.3 Å². The molecule has 2 aromatic carbocycles. The number of benzene rings is 2. The molecular weight excluding hydrogens is 1060 g/mol. The maximum Gasteiger partial charge on any atom is 0.343 e. The molecule has 4 aromatic rings. The van der Waals surface area contributed by atoms with Crippen LogP contribution >= 0.6 is 0 Å². The van der Waals surface area contributed by atoms with Crippen molar-refractivity contribution in [1.29, 1.82) is 0 Å². The van der Waals surface area contributed by atoms with Gasteiger partial charge in [-0.2, -0.15) is 0 Å². The Balaban J connectivity index is 0.815. The van der Waals surface area contributed by atoms with Gasteiger partial charge < -0.3 is 51.4 Å². The lowest BCUT2D eigenvalue weighted by Gasteiger charge is -2.31. The van der Waals surface area contributed by atoms with E-state index < -0.39 is 103 Å². The first-order valence-corrected chi connectivity index (χ1v) is 26.8. The molecule has 5 heterocycles. The smallest absolute Gasteiger partial charge is 0.343 e. The van der Waals surface area contributed by atoms with E-state index in [-0.39, 0.29) is 88.0 Å². The van der Waals surface area contributed by atoms with Crippen LogP contribution in [0.15, 0.2) is 59.4 Å². The van der Waals surface area contributed by atoms with Gasteiger partial charge in [0, 0.05) is 80.2 Å². The number of aryl methyl sites for hydroxylation is 1. The van der Waals surface area contributed by atoms with E-state index in [1.807, 2.05) is 0 Å². The standard InChI is InChI=1S/C56H63FN10O14/c1-3-56(80)36-23-41-52-34(28-67(41)54(78)35(36)30-81-55(56)79)51-38(14-13-33-31(2)37(57)24-39(64-52)50(33)51)62-43(69)17-20-65(29-49(75)76)21-18-58-44(70)26-61-53(77)40(22-32-10-6-4-7-11-32)63-46(72)27-60-45(71)25-59-42(68)12-8-5-9-19-66-47(73)15-16-48(66)74/h4,6-7,10-11,15-16,23-24,38,40,80H,3,5,8-9,12-14,17-22,25-30H2,1-2H3,(H,58,70)(H,59,68)(H,60,71)(H,61,77)(H,62,69)(H,63,72)(H,75,76)/t38-,40-,56-/m0/s1. The quantitative estimate of drug-likeness (QED) is 0.0207. The van der Waals surface area contributed by atoms with Gasteiger partial charge in [-0.25, -0.2) is 14.2 Å². The zero-order valence-electron chi connectivity index (χ0n) is 44.7. The Kier molecular flexibility index (Phi) is 18.5. The minimum atomic E-state index is -2.07.